The van der Waals surface area contributed by atoms with E-state index in [1.54, 1.807) is 17.1 Å². The molecule has 19 heavy (non-hydrogen) atoms. The molecule has 3 N–H and O–H groups in total. The zero-order chi connectivity index (χ0) is 13.8. The third-order valence-electron chi connectivity index (χ3n) is 2.84. The van der Waals surface area contributed by atoms with Gasteiger partial charge in [0.1, 0.15) is 6.04 Å². The molecule has 5 heteroatoms. The van der Waals surface area contributed by atoms with E-state index in [9.17, 15) is 4.79 Å². The monoisotopic (exact) mass is 258 g/mol. The maximum Gasteiger partial charge on any atom is 0.245 e. The Morgan fingerprint density at radius 3 is 2.58 bits per heavy atom. The highest BCUT2D eigenvalue weighted by Crippen LogP contribution is 2.14. The standard InChI is InChI=1S/C14H18N4O/c1-10(2)18-9-12(8-16-18)17-14(19)13(15)11-6-4-3-5-7-11/h3-10,13H,15H2,1-2H3,(H,17,19)/t13-/m1/s1. The summed E-state index contributed by atoms with van der Waals surface area (Å²) in [7, 11) is 0. The van der Waals surface area contributed by atoms with Crippen LogP contribution >= 0.6 is 0 Å². The number of benzene rings is 1. The van der Waals surface area contributed by atoms with E-state index in [1.807, 2.05) is 44.2 Å². The quantitative estimate of drug-likeness (QED) is 0.882. The molecule has 1 atom stereocenters. The molecule has 0 spiro atoms. The highest BCUT2D eigenvalue weighted by Gasteiger charge is 2.16. The number of nitrogens with one attached hydrogen (secondary N) is 1. The second-order valence-corrected chi connectivity index (χ2v) is 4.68. The highest BCUT2D eigenvalue weighted by atomic mass is 16.2. The summed E-state index contributed by atoms with van der Waals surface area (Å²) in [5, 5.41) is 6.93. The summed E-state index contributed by atoms with van der Waals surface area (Å²) in [6, 6.07) is 8.86. The Labute approximate surface area is 112 Å². The first-order valence-corrected chi connectivity index (χ1v) is 6.23. The van der Waals surface area contributed by atoms with Gasteiger partial charge >= 0.3 is 0 Å². The van der Waals surface area contributed by atoms with Crippen molar-refractivity contribution in [3.63, 3.8) is 0 Å². The summed E-state index contributed by atoms with van der Waals surface area (Å²) < 4.78 is 1.78. The maximum absolute atomic E-state index is 12.0. The van der Waals surface area contributed by atoms with E-state index in [2.05, 4.69) is 10.4 Å². The van der Waals surface area contributed by atoms with E-state index in [1.165, 1.54) is 0 Å². The minimum absolute atomic E-state index is 0.241. The summed E-state index contributed by atoms with van der Waals surface area (Å²) in [5.74, 6) is -0.241. The summed E-state index contributed by atoms with van der Waals surface area (Å²) in [4.78, 5) is 12.0. The molecule has 2 aromatic rings. The van der Waals surface area contributed by atoms with E-state index in [-0.39, 0.29) is 11.9 Å². The van der Waals surface area contributed by atoms with Crippen LogP contribution < -0.4 is 11.1 Å². The van der Waals surface area contributed by atoms with Crippen molar-refractivity contribution in [3.8, 4) is 0 Å². The Morgan fingerprint density at radius 1 is 1.32 bits per heavy atom. The largest absolute Gasteiger partial charge is 0.322 e. The highest BCUT2D eigenvalue weighted by molar-refractivity contribution is 5.95. The van der Waals surface area contributed by atoms with Gasteiger partial charge in [-0.2, -0.15) is 5.10 Å². The molecule has 0 saturated carbocycles. The Kier molecular flexibility index (Phi) is 3.97. The van der Waals surface area contributed by atoms with E-state index in [0.29, 0.717) is 5.69 Å². The van der Waals surface area contributed by atoms with Crippen molar-refractivity contribution in [1.82, 2.24) is 9.78 Å². The Hall–Kier alpha value is -2.14. The maximum atomic E-state index is 12.0. The molecule has 0 aliphatic heterocycles. The SMILES string of the molecule is CC(C)n1cc(NC(=O)[C@H](N)c2ccccc2)cn1. The minimum Gasteiger partial charge on any atom is -0.322 e. The Bertz CT molecular complexity index is 548. The van der Waals surface area contributed by atoms with Gasteiger partial charge in [0.15, 0.2) is 0 Å². The molecule has 1 amide bonds. The van der Waals surface area contributed by atoms with Crippen LogP contribution in [0, 0.1) is 0 Å². The smallest absolute Gasteiger partial charge is 0.245 e. The zero-order valence-electron chi connectivity index (χ0n) is 11.1. The number of hydrogen-bond donors (Lipinski definition) is 2. The number of carbonyl (C=O) groups is 1. The number of hydrogen-bond acceptors (Lipinski definition) is 3. The van der Waals surface area contributed by atoms with Gasteiger partial charge < -0.3 is 11.1 Å². The van der Waals surface area contributed by atoms with Gasteiger partial charge in [-0.05, 0) is 19.4 Å². The number of aromatic nitrogens is 2. The summed E-state index contributed by atoms with van der Waals surface area (Å²) in [5.41, 5.74) is 7.36. The first-order chi connectivity index (χ1) is 9.08. The number of rotatable bonds is 4. The average Bonchev–Trinajstić information content (AvgIpc) is 2.87. The molecular formula is C14H18N4O. The molecule has 0 radical (unpaired) electrons. The number of nitrogens with zero attached hydrogens (tertiary/aromatic N) is 2. The van der Waals surface area contributed by atoms with Crippen molar-refractivity contribution < 1.29 is 4.79 Å². The fourth-order valence-electron chi connectivity index (χ4n) is 1.72. The van der Waals surface area contributed by atoms with Gasteiger partial charge in [-0.25, -0.2) is 0 Å². The van der Waals surface area contributed by atoms with Crippen LogP contribution in [0.15, 0.2) is 42.7 Å². The lowest BCUT2D eigenvalue weighted by molar-refractivity contribution is -0.117. The lowest BCUT2D eigenvalue weighted by Crippen LogP contribution is -2.27. The lowest BCUT2D eigenvalue weighted by atomic mass is 10.1. The van der Waals surface area contributed by atoms with Gasteiger partial charge in [0.25, 0.3) is 0 Å². The van der Waals surface area contributed by atoms with E-state index in [0.717, 1.165) is 5.56 Å². The van der Waals surface area contributed by atoms with Gasteiger partial charge in [0, 0.05) is 12.2 Å². The molecule has 100 valence electrons. The molecule has 0 unspecified atom stereocenters. The number of carbonyl (C=O) groups excluding carboxylic acids is 1. The predicted octanol–water partition coefficient (Wildman–Crippen LogP) is 2.10. The molecule has 5 nitrogen and oxygen atoms in total. The predicted molar refractivity (Wildman–Crippen MR) is 74.6 cm³/mol. The molecule has 0 fully saturated rings. The fourth-order valence-corrected chi connectivity index (χ4v) is 1.72. The molecule has 1 aromatic heterocycles. The summed E-state index contributed by atoms with van der Waals surface area (Å²) >= 11 is 0. The van der Waals surface area contributed by atoms with Gasteiger partial charge in [-0.1, -0.05) is 30.3 Å². The molecule has 2 rings (SSSR count). The third-order valence-corrected chi connectivity index (χ3v) is 2.84. The van der Waals surface area contributed by atoms with Gasteiger partial charge in [-0.3, -0.25) is 9.48 Å². The van der Waals surface area contributed by atoms with Crippen LogP contribution in [0.4, 0.5) is 5.69 Å². The van der Waals surface area contributed by atoms with Crippen molar-refractivity contribution in [2.45, 2.75) is 25.9 Å². The zero-order valence-corrected chi connectivity index (χ0v) is 11.1. The van der Waals surface area contributed by atoms with Gasteiger partial charge in [0.05, 0.1) is 11.9 Å². The topological polar surface area (TPSA) is 72.9 Å². The second kappa shape index (κ2) is 5.67. The number of nitrogens with two attached hydrogens (primary N) is 1. The molecule has 0 aliphatic rings. The summed E-state index contributed by atoms with van der Waals surface area (Å²) in [6.07, 6.45) is 3.41. The molecule has 0 aliphatic carbocycles. The molecule has 1 aromatic carbocycles. The van der Waals surface area contributed by atoms with Crippen LogP contribution in [0.5, 0.6) is 0 Å². The van der Waals surface area contributed by atoms with E-state index < -0.39 is 6.04 Å². The van der Waals surface area contributed by atoms with Crippen molar-refractivity contribution in [1.29, 1.82) is 0 Å². The van der Waals surface area contributed by atoms with Gasteiger partial charge in [-0.15, -0.1) is 0 Å². The summed E-state index contributed by atoms with van der Waals surface area (Å²) in [6.45, 7) is 4.04. The number of amides is 1. The average molecular weight is 258 g/mol. The Balaban J connectivity index is 2.04. The molecule has 0 bridgehead atoms. The van der Waals surface area contributed by atoms with Crippen LogP contribution in [-0.4, -0.2) is 15.7 Å². The van der Waals surface area contributed by atoms with Crippen molar-refractivity contribution >= 4 is 11.6 Å². The van der Waals surface area contributed by atoms with Crippen LogP contribution in [0.2, 0.25) is 0 Å². The van der Waals surface area contributed by atoms with Crippen LogP contribution in [0.1, 0.15) is 31.5 Å². The number of anilines is 1. The van der Waals surface area contributed by atoms with Crippen LogP contribution in [0.3, 0.4) is 0 Å². The normalized spacial score (nSPS) is 12.4. The van der Waals surface area contributed by atoms with Crippen molar-refractivity contribution in [2.75, 3.05) is 5.32 Å². The molecule has 0 saturated heterocycles. The second-order valence-electron chi connectivity index (χ2n) is 4.68. The van der Waals surface area contributed by atoms with E-state index in [4.69, 9.17) is 5.73 Å². The van der Waals surface area contributed by atoms with E-state index >= 15 is 0 Å². The first kappa shape index (κ1) is 13.3. The van der Waals surface area contributed by atoms with Gasteiger partial charge in [0.2, 0.25) is 5.91 Å². The first-order valence-electron chi connectivity index (χ1n) is 6.23. The lowest BCUT2D eigenvalue weighted by Gasteiger charge is -2.11. The fraction of sp³-hybridized carbons (Fsp3) is 0.286. The van der Waals surface area contributed by atoms with Crippen molar-refractivity contribution in [2.24, 2.45) is 5.73 Å². The van der Waals surface area contributed by atoms with Crippen LogP contribution in [0.25, 0.3) is 0 Å². The third kappa shape index (κ3) is 3.20. The molecule has 1 heterocycles. The minimum atomic E-state index is -0.677. The van der Waals surface area contributed by atoms with Crippen molar-refractivity contribution in [3.05, 3.63) is 48.3 Å². The molecular weight excluding hydrogens is 240 g/mol. The Morgan fingerprint density at radius 2 is 2.00 bits per heavy atom. The van der Waals surface area contributed by atoms with Crippen LogP contribution in [-0.2, 0) is 4.79 Å².